The maximum absolute atomic E-state index is 12.6. The average Bonchev–Trinajstić information content (AvgIpc) is 3.37. The van der Waals surface area contributed by atoms with Crippen molar-refractivity contribution in [3.05, 3.63) is 30.3 Å². The van der Waals surface area contributed by atoms with Crippen LogP contribution < -0.4 is 5.01 Å². The van der Waals surface area contributed by atoms with Crippen LogP contribution >= 0.6 is 0 Å². The number of likely N-dealkylation sites (N-methyl/N-ethyl adjacent to an activating group) is 2. The molecule has 1 atom stereocenters. The number of hydrazone groups is 1. The first-order valence-corrected chi connectivity index (χ1v) is 8.57. The minimum atomic E-state index is -0.980. The van der Waals surface area contributed by atoms with Crippen molar-refractivity contribution in [3.63, 3.8) is 0 Å². The van der Waals surface area contributed by atoms with E-state index in [1.807, 2.05) is 18.2 Å². The van der Waals surface area contributed by atoms with E-state index in [4.69, 9.17) is 0 Å². The average molecular weight is 344 g/mol. The van der Waals surface area contributed by atoms with Crippen molar-refractivity contribution in [1.29, 1.82) is 0 Å². The number of hydrogen-bond acceptors (Lipinski definition) is 5. The number of nitrogens with zero attached hydrogens (tertiary/aromatic N) is 4. The van der Waals surface area contributed by atoms with Crippen LogP contribution in [0.25, 0.3) is 0 Å². The lowest BCUT2D eigenvalue weighted by Crippen LogP contribution is -2.39. The number of carboxylic acid groups (broad SMARTS) is 1. The second-order valence-corrected chi connectivity index (χ2v) is 6.72. The summed E-state index contributed by atoms with van der Waals surface area (Å²) in [7, 11) is 3.81. The highest BCUT2D eigenvalue weighted by Gasteiger charge is 2.37. The Morgan fingerprint density at radius 3 is 2.48 bits per heavy atom. The quantitative estimate of drug-likeness (QED) is 0.806. The zero-order valence-electron chi connectivity index (χ0n) is 14.6. The van der Waals surface area contributed by atoms with Crippen LogP contribution in [-0.4, -0.2) is 71.8 Å². The van der Waals surface area contributed by atoms with Crippen molar-refractivity contribution in [1.82, 2.24) is 9.80 Å². The number of para-hydroxylation sites is 1. The molecule has 25 heavy (non-hydrogen) atoms. The maximum atomic E-state index is 12.6. The molecule has 0 bridgehead atoms. The van der Waals surface area contributed by atoms with Gasteiger partial charge in [0.15, 0.2) is 6.04 Å². The molecule has 1 unspecified atom stereocenters. The van der Waals surface area contributed by atoms with E-state index < -0.39 is 12.0 Å². The topological polar surface area (TPSA) is 76.5 Å². The van der Waals surface area contributed by atoms with Crippen molar-refractivity contribution >= 4 is 23.3 Å². The molecule has 0 radical (unpaired) electrons. The van der Waals surface area contributed by atoms with Crippen molar-refractivity contribution in [2.45, 2.75) is 31.3 Å². The SMILES string of the molecule is CN(CCN(C)C1CC1)C(=O)C1=NN(c2ccccc2)C(C(=O)O)C1. The van der Waals surface area contributed by atoms with E-state index in [2.05, 4.69) is 17.0 Å². The Kier molecular flexibility index (Phi) is 5.03. The first-order chi connectivity index (χ1) is 12.0. The van der Waals surface area contributed by atoms with Gasteiger partial charge in [-0.15, -0.1) is 0 Å². The van der Waals surface area contributed by atoms with Crippen LogP contribution in [0, 0.1) is 0 Å². The standard InChI is InChI=1S/C18H24N4O3/c1-20(13-8-9-13)10-11-21(2)17(23)15-12-16(18(24)25)22(19-15)14-6-4-3-5-7-14/h3-7,13,16H,8-12H2,1-2H3,(H,24,25). The number of carbonyl (C=O) groups is 2. The number of benzene rings is 1. The Morgan fingerprint density at radius 1 is 1.20 bits per heavy atom. The van der Waals surface area contributed by atoms with Gasteiger partial charge in [0.1, 0.15) is 5.71 Å². The van der Waals surface area contributed by atoms with Gasteiger partial charge in [-0.2, -0.15) is 5.10 Å². The third kappa shape index (κ3) is 3.99. The molecule has 0 saturated heterocycles. The van der Waals surface area contributed by atoms with Crippen LogP contribution in [0.4, 0.5) is 5.69 Å². The van der Waals surface area contributed by atoms with Gasteiger partial charge in [-0.05, 0) is 32.0 Å². The third-order valence-corrected chi connectivity index (χ3v) is 4.77. The summed E-state index contributed by atoms with van der Waals surface area (Å²) >= 11 is 0. The van der Waals surface area contributed by atoms with E-state index in [1.54, 1.807) is 24.1 Å². The molecule has 7 heteroatoms. The summed E-state index contributed by atoms with van der Waals surface area (Å²) in [5.41, 5.74) is 0.974. The van der Waals surface area contributed by atoms with Gasteiger partial charge in [-0.3, -0.25) is 9.80 Å². The maximum Gasteiger partial charge on any atom is 0.328 e. The van der Waals surface area contributed by atoms with E-state index in [0.29, 0.717) is 24.0 Å². The first-order valence-electron chi connectivity index (χ1n) is 8.57. The summed E-state index contributed by atoms with van der Waals surface area (Å²) in [6.45, 7) is 1.42. The molecule has 1 aromatic rings. The van der Waals surface area contributed by atoms with E-state index in [-0.39, 0.29) is 12.3 Å². The highest BCUT2D eigenvalue weighted by Crippen LogP contribution is 2.26. The highest BCUT2D eigenvalue weighted by molar-refractivity contribution is 6.40. The smallest absolute Gasteiger partial charge is 0.328 e. The molecule has 0 aromatic heterocycles. The predicted octanol–water partition coefficient (Wildman–Crippen LogP) is 1.26. The Balaban J connectivity index is 1.67. The zero-order chi connectivity index (χ0) is 18.0. The second-order valence-electron chi connectivity index (χ2n) is 6.72. The molecule has 3 rings (SSSR count). The van der Waals surface area contributed by atoms with Crippen LogP contribution in [0.2, 0.25) is 0 Å². The van der Waals surface area contributed by atoms with Crippen molar-refractivity contribution in [3.8, 4) is 0 Å². The monoisotopic (exact) mass is 344 g/mol. The molecule has 7 nitrogen and oxygen atoms in total. The lowest BCUT2D eigenvalue weighted by Gasteiger charge is -2.21. The lowest BCUT2D eigenvalue weighted by atomic mass is 10.1. The van der Waals surface area contributed by atoms with Crippen LogP contribution in [0.1, 0.15) is 19.3 Å². The molecule has 1 aliphatic carbocycles. The van der Waals surface area contributed by atoms with Crippen LogP contribution in [0.15, 0.2) is 35.4 Å². The van der Waals surface area contributed by atoms with E-state index >= 15 is 0 Å². The van der Waals surface area contributed by atoms with Crippen LogP contribution in [0.5, 0.6) is 0 Å². The Labute approximate surface area is 147 Å². The van der Waals surface area contributed by atoms with Gasteiger partial charge in [-0.25, -0.2) is 4.79 Å². The number of anilines is 1. The Bertz CT molecular complexity index is 672. The summed E-state index contributed by atoms with van der Waals surface area (Å²) < 4.78 is 0. The molecule has 1 amide bonds. The van der Waals surface area contributed by atoms with Gasteiger partial charge in [0.05, 0.1) is 5.69 Å². The molecule has 1 heterocycles. The van der Waals surface area contributed by atoms with Crippen molar-refractivity contribution in [2.75, 3.05) is 32.2 Å². The number of carbonyl (C=O) groups excluding carboxylic acids is 1. The van der Waals surface area contributed by atoms with Crippen molar-refractivity contribution in [2.24, 2.45) is 5.10 Å². The summed E-state index contributed by atoms with van der Waals surface area (Å²) in [5.74, 6) is -1.18. The molecular formula is C18H24N4O3. The number of hydrogen-bond donors (Lipinski definition) is 1. The number of carboxylic acids is 1. The van der Waals surface area contributed by atoms with Gasteiger partial charge < -0.3 is 14.9 Å². The van der Waals surface area contributed by atoms with Crippen LogP contribution in [-0.2, 0) is 9.59 Å². The van der Waals surface area contributed by atoms with Gasteiger partial charge in [0, 0.05) is 32.6 Å². The minimum absolute atomic E-state index is 0.117. The van der Waals surface area contributed by atoms with E-state index in [9.17, 15) is 14.7 Å². The molecule has 134 valence electrons. The molecule has 1 aromatic carbocycles. The third-order valence-electron chi connectivity index (χ3n) is 4.77. The van der Waals surface area contributed by atoms with Gasteiger partial charge in [0.2, 0.25) is 0 Å². The fourth-order valence-corrected chi connectivity index (χ4v) is 2.98. The van der Waals surface area contributed by atoms with E-state index in [0.717, 1.165) is 6.54 Å². The normalized spacial score (nSPS) is 19.9. The summed E-state index contributed by atoms with van der Waals surface area (Å²) in [5, 5.41) is 15.2. The number of rotatable bonds is 7. The second kappa shape index (κ2) is 7.23. The molecular weight excluding hydrogens is 320 g/mol. The van der Waals surface area contributed by atoms with Gasteiger partial charge in [-0.1, -0.05) is 18.2 Å². The number of amides is 1. The number of aliphatic carboxylic acids is 1. The highest BCUT2D eigenvalue weighted by atomic mass is 16.4. The predicted molar refractivity (Wildman–Crippen MR) is 95.7 cm³/mol. The van der Waals surface area contributed by atoms with Crippen LogP contribution in [0.3, 0.4) is 0 Å². The fourth-order valence-electron chi connectivity index (χ4n) is 2.98. The Morgan fingerprint density at radius 2 is 1.88 bits per heavy atom. The minimum Gasteiger partial charge on any atom is -0.480 e. The molecule has 1 fully saturated rings. The lowest BCUT2D eigenvalue weighted by molar-refractivity contribution is -0.138. The van der Waals surface area contributed by atoms with Gasteiger partial charge >= 0.3 is 5.97 Å². The first kappa shape index (κ1) is 17.4. The molecule has 1 aliphatic heterocycles. The molecule has 1 saturated carbocycles. The van der Waals surface area contributed by atoms with E-state index in [1.165, 1.54) is 17.9 Å². The zero-order valence-corrected chi connectivity index (χ0v) is 14.6. The summed E-state index contributed by atoms with van der Waals surface area (Å²) in [6.07, 6.45) is 2.58. The summed E-state index contributed by atoms with van der Waals surface area (Å²) in [4.78, 5) is 28.1. The summed E-state index contributed by atoms with van der Waals surface area (Å²) in [6, 6.07) is 8.89. The molecule has 2 aliphatic rings. The van der Waals surface area contributed by atoms with Gasteiger partial charge in [0.25, 0.3) is 5.91 Å². The molecule has 0 spiro atoms. The fraction of sp³-hybridized carbons (Fsp3) is 0.500. The largest absolute Gasteiger partial charge is 0.480 e. The Hall–Kier alpha value is -2.41. The molecule has 1 N–H and O–H groups in total. The van der Waals surface area contributed by atoms with Crippen molar-refractivity contribution < 1.29 is 14.7 Å².